The number of nitrogens with one attached hydrogen (secondary N) is 1. The number of fused-ring (bicyclic) bond motifs is 1. The highest BCUT2D eigenvalue weighted by molar-refractivity contribution is 9.10. The van der Waals surface area contributed by atoms with Gasteiger partial charge < -0.3 is 15.1 Å². The van der Waals surface area contributed by atoms with Gasteiger partial charge in [0.15, 0.2) is 0 Å². The van der Waals surface area contributed by atoms with Gasteiger partial charge in [0.05, 0.1) is 5.52 Å². The van der Waals surface area contributed by atoms with Crippen molar-refractivity contribution in [2.75, 3.05) is 31.1 Å². The van der Waals surface area contributed by atoms with Crippen LogP contribution in [0.3, 0.4) is 0 Å². The first-order valence-corrected chi connectivity index (χ1v) is 8.86. The summed E-state index contributed by atoms with van der Waals surface area (Å²) in [5.41, 5.74) is 2.24. The molecule has 2 fully saturated rings. The van der Waals surface area contributed by atoms with E-state index in [9.17, 15) is 4.79 Å². The average Bonchev–Trinajstić information content (AvgIpc) is 3.01. The van der Waals surface area contributed by atoms with E-state index < -0.39 is 0 Å². The summed E-state index contributed by atoms with van der Waals surface area (Å²) in [6, 6.07) is 8.77. The second-order valence-electron chi connectivity index (χ2n) is 6.11. The van der Waals surface area contributed by atoms with Crippen molar-refractivity contribution < 1.29 is 4.79 Å². The van der Waals surface area contributed by atoms with Crippen molar-refractivity contribution in [3.05, 3.63) is 34.9 Å². The minimum absolute atomic E-state index is 0.0988. The Morgan fingerprint density at radius 2 is 2.00 bits per heavy atom. The number of amides is 2. The van der Waals surface area contributed by atoms with Gasteiger partial charge in [-0.2, -0.15) is 0 Å². The number of piperidine rings is 1. The number of halogens is 1. The number of aromatic nitrogens is 1. The summed E-state index contributed by atoms with van der Waals surface area (Å²) in [4.78, 5) is 20.7. The number of hydrogen-bond donors (Lipinski definition) is 1. The molecule has 0 unspecified atom stereocenters. The maximum Gasteiger partial charge on any atom is 0.317 e. The lowest BCUT2D eigenvalue weighted by Gasteiger charge is -2.37. The molecular formula is C17H19BrN4O. The smallest absolute Gasteiger partial charge is 0.317 e. The molecule has 5 nitrogen and oxygen atoms in total. The number of anilines is 1. The van der Waals surface area contributed by atoms with Gasteiger partial charge >= 0.3 is 6.03 Å². The second kappa shape index (κ2) is 6.00. The Morgan fingerprint density at radius 3 is 2.74 bits per heavy atom. The fourth-order valence-corrected chi connectivity index (χ4v) is 4.12. The Labute approximate surface area is 143 Å². The molecule has 6 heteroatoms. The van der Waals surface area contributed by atoms with E-state index >= 15 is 0 Å². The third kappa shape index (κ3) is 2.65. The molecule has 1 aromatic heterocycles. The maximum absolute atomic E-state index is 11.8. The molecule has 2 aromatic rings. The molecule has 2 aliphatic rings. The number of carbonyl (C=O) groups excluding carboxylic acids is 1. The predicted octanol–water partition coefficient (Wildman–Crippen LogP) is 2.99. The first kappa shape index (κ1) is 14.8. The molecule has 0 atom stereocenters. The largest absolute Gasteiger partial charge is 0.371 e. The number of para-hydroxylation sites is 1. The minimum atomic E-state index is 0.0988. The first-order valence-electron chi connectivity index (χ1n) is 8.07. The van der Waals surface area contributed by atoms with E-state index in [1.807, 2.05) is 17.2 Å². The maximum atomic E-state index is 11.8. The summed E-state index contributed by atoms with van der Waals surface area (Å²) in [7, 11) is 0. The van der Waals surface area contributed by atoms with Gasteiger partial charge in [-0.05, 0) is 40.9 Å². The molecule has 23 heavy (non-hydrogen) atoms. The summed E-state index contributed by atoms with van der Waals surface area (Å²) in [6.07, 6.45) is 3.92. The van der Waals surface area contributed by atoms with Crippen LogP contribution in [0.1, 0.15) is 12.8 Å². The third-order valence-electron chi connectivity index (χ3n) is 4.83. The zero-order valence-corrected chi connectivity index (χ0v) is 14.4. The van der Waals surface area contributed by atoms with Crippen LogP contribution in [0.25, 0.3) is 10.9 Å². The highest BCUT2D eigenvalue weighted by Crippen LogP contribution is 2.32. The Bertz CT molecular complexity index is 742. The van der Waals surface area contributed by atoms with Crippen LogP contribution in [0.4, 0.5) is 10.5 Å². The number of benzene rings is 1. The van der Waals surface area contributed by atoms with Gasteiger partial charge in [0.25, 0.3) is 0 Å². The number of rotatable bonds is 2. The van der Waals surface area contributed by atoms with Crippen molar-refractivity contribution >= 4 is 38.6 Å². The lowest BCUT2D eigenvalue weighted by atomic mass is 10.0. The summed E-state index contributed by atoms with van der Waals surface area (Å²) in [5.74, 6) is 0. The van der Waals surface area contributed by atoms with Gasteiger partial charge in [-0.25, -0.2) is 4.79 Å². The fourth-order valence-electron chi connectivity index (χ4n) is 3.65. The minimum Gasteiger partial charge on any atom is -0.371 e. The Balaban J connectivity index is 1.55. The normalized spacial score (nSPS) is 19.4. The molecule has 0 spiro atoms. The van der Waals surface area contributed by atoms with E-state index in [0.29, 0.717) is 6.04 Å². The van der Waals surface area contributed by atoms with Crippen molar-refractivity contribution in [3.8, 4) is 0 Å². The van der Waals surface area contributed by atoms with Crippen LogP contribution in [0.5, 0.6) is 0 Å². The van der Waals surface area contributed by atoms with Gasteiger partial charge in [0.1, 0.15) is 0 Å². The van der Waals surface area contributed by atoms with Gasteiger partial charge in [-0.15, -0.1) is 0 Å². The van der Waals surface area contributed by atoms with Crippen LogP contribution in [0.2, 0.25) is 0 Å². The lowest BCUT2D eigenvalue weighted by Crippen LogP contribution is -2.46. The number of nitrogens with zero attached hydrogens (tertiary/aromatic N) is 3. The molecule has 120 valence electrons. The van der Waals surface area contributed by atoms with Gasteiger partial charge in [-0.1, -0.05) is 12.1 Å². The zero-order chi connectivity index (χ0) is 15.8. The van der Waals surface area contributed by atoms with Crippen LogP contribution in [0.15, 0.2) is 34.9 Å². The van der Waals surface area contributed by atoms with Crippen molar-refractivity contribution in [1.82, 2.24) is 15.2 Å². The van der Waals surface area contributed by atoms with Crippen LogP contribution >= 0.6 is 15.9 Å². The Morgan fingerprint density at radius 1 is 1.17 bits per heavy atom. The van der Waals surface area contributed by atoms with E-state index in [-0.39, 0.29) is 6.03 Å². The lowest BCUT2D eigenvalue weighted by molar-refractivity contribution is 0.186. The molecule has 0 radical (unpaired) electrons. The third-order valence-corrected chi connectivity index (χ3v) is 5.47. The topological polar surface area (TPSA) is 48.5 Å². The molecule has 2 amide bonds. The number of pyridine rings is 1. The van der Waals surface area contributed by atoms with E-state index in [0.717, 1.165) is 49.0 Å². The number of urea groups is 1. The van der Waals surface area contributed by atoms with E-state index in [1.54, 1.807) is 0 Å². The molecule has 1 aromatic carbocycles. The molecule has 0 aliphatic carbocycles. The quantitative estimate of drug-likeness (QED) is 0.878. The van der Waals surface area contributed by atoms with Gasteiger partial charge in [0.2, 0.25) is 0 Å². The van der Waals surface area contributed by atoms with Crippen LogP contribution in [0, 0.1) is 0 Å². The molecule has 4 rings (SSSR count). The number of hydrogen-bond acceptors (Lipinski definition) is 3. The van der Waals surface area contributed by atoms with Crippen LogP contribution in [-0.2, 0) is 0 Å². The first-order chi connectivity index (χ1) is 11.2. The SMILES string of the molecule is O=C1NCCN1C1CCN(c2ccnc3c(Br)cccc23)CC1. The molecular weight excluding hydrogens is 356 g/mol. The zero-order valence-electron chi connectivity index (χ0n) is 12.8. The summed E-state index contributed by atoms with van der Waals surface area (Å²) in [5, 5.41) is 4.08. The summed E-state index contributed by atoms with van der Waals surface area (Å²) >= 11 is 3.58. The van der Waals surface area contributed by atoms with E-state index in [2.05, 4.69) is 49.3 Å². The summed E-state index contributed by atoms with van der Waals surface area (Å²) in [6.45, 7) is 3.57. The van der Waals surface area contributed by atoms with Crippen LogP contribution in [-0.4, -0.2) is 48.1 Å². The highest BCUT2D eigenvalue weighted by Gasteiger charge is 2.31. The molecule has 1 N–H and O–H groups in total. The monoisotopic (exact) mass is 374 g/mol. The van der Waals surface area contributed by atoms with Crippen molar-refractivity contribution in [1.29, 1.82) is 0 Å². The molecule has 2 aliphatic heterocycles. The second-order valence-corrected chi connectivity index (χ2v) is 6.96. The van der Waals surface area contributed by atoms with E-state index in [1.165, 1.54) is 11.1 Å². The fraction of sp³-hybridized carbons (Fsp3) is 0.412. The molecule has 2 saturated heterocycles. The Kier molecular flexibility index (Phi) is 3.85. The van der Waals surface area contributed by atoms with Gasteiger partial charge in [-0.3, -0.25) is 4.98 Å². The number of carbonyl (C=O) groups is 1. The highest BCUT2D eigenvalue weighted by atomic mass is 79.9. The molecule has 0 saturated carbocycles. The van der Waals surface area contributed by atoms with E-state index in [4.69, 9.17) is 0 Å². The Hall–Kier alpha value is -1.82. The predicted molar refractivity (Wildman–Crippen MR) is 94.8 cm³/mol. The van der Waals surface area contributed by atoms with Gasteiger partial charge in [0, 0.05) is 54.0 Å². The van der Waals surface area contributed by atoms with Crippen molar-refractivity contribution in [2.45, 2.75) is 18.9 Å². The summed E-state index contributed by atoms with van der Waals surface area (Å²) < 4.78 is 1.03. The average molecular weight is 375 g/mol. The molecule has 0 bridgehead atoms. The van der Waals surface area contributed by atoms with Crippen molar-refractivity contribution in [2.24, 2.45) is 0 Å². The van der Waals surface area contributed by atoms with Crippen LogP contribution < -0.4 is 10.2 Å². The molecule has 3 heterocycles. The van der Waals surface area contributed by atoms with Crippen molar-refractivity contribution in [3.63, 3.8) is 0 Å². The standard InChI is InChI=1S/C17H19BrN4O/c18-14-3-1-2-13-15(4-7-19-16(13)14)21-9-5-12(6-10-21)22-11-8-20-17(22)23/h1-4,7,12H,5-6,8-11H2,(H,20,23).